The van der Waals surface area contributed by atoms with Crippen LogP contribution in [-0.4, -0.2) is 30.8 Å². The second kappa shape index (κ2) is 10.1. The molecule has 1 atom stereocenters. The van der Waals surface area contributed by atoms with Gasteiger partial charge >= 0.3 is 5.97 Å². The van der Waals surface area contributed by atoms with Crippen molar-refractivity contribution in [2.45, 2.75) is 24.3 Å². The topological polar surface area (TPSA) is 64.6 Å². The number of halogens is 1. The Kier molecular flexibility index (Phi) is 7.81. The van der Waals surface area contributed by atoms with Crippen molar-refractivity contribution in [3.05, 3.63) is 53.6 Å². The minimum absolute atomic E-state index is 0.208. The van der Waals surface area contributed by atoms with E-state index in [4.69, 9.17) is 21.1 Å². The summed E-state index contributed by atoms with van der Waals surface area (Å²) in [6.07, 6.45) is -0.688. The van der Waals surface area contributed by atoms with E-state index in [1.54, 1.807) is 36.4 Å². The molecule has 0 saturated carbocycles. The standard InChI is InChI=1S/C19H20ClNO4S/c1-13(19(23)21-16-5-3-4-6-17(16)24-2)25-18(22)11-12-26-15-9-7-14(20)8-10-15/h3-10,13H,11-12H2,1-2H3,(H,21,23)/t13-/m0/s1. The van der Waals surface area contributed by atoms with Gasteiger partial charge in [-0.05, 0) is 43.3 Å². The summed E-state index contributed by atoms with van der Waals surface area (Å²) in [6, 6.07) is 14.4. The number of anilines is 1. The monoisotopic (exact) mass is 393 g/mol. The van der Waals surface area contributed by atoms with E-state index >= 15 is 0 Å². The molecular formula is C19H20ClNO4S. The summed E-state index contributed by atoms with van der Waals surface area (Å²) >= 11 is 7.35. The minimum Gasteiger partial charge on any atom is -0.495 e. The maximum absolute atomic E-state index is 12.2. The van der Waals surface area contributed by atoms with Crippen LogP contribution in [0, 0.1) is 0 Å². The number of hydrogen-bond donors (Lipinski definition) is 1. The molecule has 0 heterocycles. The van der Waals surface area contributed by atoms with Crippen LogP contribution >= 0.6 is 23.4 Å². The van der Waals surface area contributed by atoms with Gasteiger partial charge in [0.1, 0.15) is 5.75 Å². The van der Waals surface area contributed by atoms with E-state index in [2.05, 4.69) is 5.32 Å². The largest absolute Gasteiger partial charge is 0.495 e. The lowest BCUT2D eigenvalue weighted by atomic mass is 10.2. The number of methoxy groups -OCH3 is 1. The first kappa shape index (κ1) is 20.1. The number of benzene rings is 2. The number of thioether (sulfide) groups is 1. The third-order valence-electron chi connectivity index (χ3n) is 3.43. The predicted octanol–water partition coefficient (Wildman–Crippen LogP) is 4.40. The lowest BCUT2D eigenvalue weighted by Gasteiger charge is -2.15. The number of nitrogens with one attached hydrogen (secondary N) is 1. The number of rotatable bonds is 8. The highest BCUT2D eigenvalue weighted by atomic mass is 35.5. The Morgan fingerprint density at radius 2 is 1.85 bits per heavy atom. The zero-order chi connectivity index (χ0) is 18.9. The summed E-state index contributed by atoms with van der Waals surface area (Å²) in [7, 11) is 1.52. The van der Waals surface area contributed by atoms with Crippen LogP contribution in [0.1, 0.15) is 13.3 Å². The van der Waals surface area contributed by atoms with Crippen molar-refractivity contribution in [1.29, 1.82) is 0 Å². The molecule has 0 bridgehead atoms. The van der Waals surface area contributed by atoms with Crippen molar-refractivity contribution in [3.63, 3.8) is 0 Å². The Balaban J connectivity index is 1.76. The van der Waals surface area contributed by atoms with Crippen LogP contribution < -0.4 is 10.1 Å². The van der Waals surface area contributed by atoms with E-state index in [1.165, 1.54) is 25.8 Å². The lowest BCUT2D eigenvalue weighted by molar-refractivity contribution is -0.152. The molecule has 0 aromatic heterocycles. The van der Waals surface area contributed by atoms with E-state index < -0.39 is 18.0 Å². The third-order valence-corrected chi connectivity index (χ3v) is 4.70. The first-order valence-corrected chi connectivity index (χ1v) is 9.37. The summed E-state index contributed by atoms with van der Waals surface area (Å²) in [5.41, 5.74) is 0.529. The van der Waals surface area contributed by atoms with Crippen LogP contribution in [0.2, 0.25) is 5.02 Å². The maximum Gasteiger partial charge on any atom is 0.307 e. The fourth-order valence-electron chi connectivity index (χ4n) is 2.07. The second-order valence-electron chi connectivity index (χ2n) is 5.37. The number of carbonyl (C=O) groups excluding carboxylic acids is 2. The summed E-state index contributed by atoms with van der Waals surface area (Å²) in [5, 5.41) is 3.36. The minimum atomic E-state index is -0.895. The van der Waals surface area contributed by atoms with Gasteiger partial charge < -0.3 is 14.8 Å². The van der Waals surface area contributed by atoms with E-state index in [9.17, 15) is 9.59 Å². The van der Waals surface area contributed by atoms with Gasteiger partial charge in [-0.1, -0.05) is 23.7 Å². The molecule has 138 valence electrons. The molecule has 2 rings (SSSR count). The van der Waals surface area contributed by atoms with Crippen molar-refractivity contribution in [1.82, 2.24) is 0 Å². The first-order valence-electron chi connectivity index (χ1n) is 8.01. The number of ether oxygens (including phenoxy) is 2. The van der Waals surface area contributed by atoms with Crippen molar-refractivity contribution in [3.8, 4) is 5.75 Å². The number of hydrogen-bond acceptors (Lipinski definition) is 5. The molecule has 2 aromatic carbocycles. The average Bonchev–Trinajstić information content (AvgIpc) is 2.63. The molecule has 0 saturated heterocycles. The fraction of sp³-hybridized carbons (Fsp3) is 0.263. The Hall–Kier alpha value is -2.18. The van der Waals surface area contributed by atoms with Crippen molar-refractivity contribution in [2.75, 3.05) is 18.2 Å². The predicted molar refractivity (Wildman–Crippen MR) is 104 cm³/mol. The molecule has 2 aromatic rings. The quantitative estimate of drug-likeness (QED) is 0.532. The van der Waals surface area contributed by atoms with Gasteiger partial charge in [-0.2, -0.15) is 0 Å². The van der Waals surface area contributed by atoms with Crippen LogP contribution in [0.25, 0.3) is 0 Å². The molecule has 7 heteroatoms. The summed E-state index contributed by atoms with van der Waals surface area (Å²) < 4.78 is 10.4. The van der Waals surface area contributed by atoms with Crippen molar-refractivity contribution >= 4 is 40.9 Å². The summed E-state index contributed by atoms with van der Waals surface area (Å²) in [4.78, 5) is 25.1. The summed E-state index contributed by atoms with van der Waals surface area (Å²) in [5.74, 6) is 0.266. The number of amides is 1. The number of esters is 1. The van der Waals surface area contributed by atoms with Crippen LogP contribution in [0.3, 0.4) is 0 Å². The van der Waals surface area contributed by atoms with E-state index in [1.807, 2.05) is 12.1 Å². The molecule has 1 amide bonds. The van der Waals surface area contributed by atoms with E-state index in [0.29, 0.717) is 22.2 Å². The molecule has 0 aliphatic carbocycles. The SMILES string of the molecule is COc1ccccc1NC(=O)[C@H](C)OC(=O)CCSc1ccc(Cl)cc1. The van der Waals surface area contributed by atoms with Gasteiger partial charge in [-0.15, -0.1) is 11.8 Å². The molecule has 0 aliphatic rings. The van der Waals surface area contributed by atoms with Gasteiger partial charge in [0, 0.05) is 15.7 Å². The highest BCUT2D eigenvalue weighted by Crippen LogP contribution is 2.23. The van der Waals surface area contributed by atoms with Gasteiger partial charge in [0.05, 0.1) is 19.2 Å². The number of carbonyl (C=O) groups is 2. The first-order chi connectivity index (χ1) is 12.5. The zero-order valence-electron chi connectivity index (χ0n) is 14.5. The molecule has 0 radical (unpaired) electrons. The van der Waals surface area contributed by atoms with Crippen molar-refractivity contribution in [2.24, 2.45) is 0 Å². The molecule has 26 heavy (non-hydrogen) atoms. The Labute approximate surface area is 162 Å². The molecule has 0 spiro atoms. The molecule has 1 N–H and O–H groups in total. The van der Waals surface area contributed by atoms with E-state index in [0.717, 1.165) is 4.90 Å². The number of para-hydroxylation sites is 2. The van der Waals surface area contributed by atoms with Gasteiger partial charge in [0.15, 0.2) is 6.10 Å². The maximum atomic E-state index is 12.2. The lowest BCUT2D eigenvalue weighted by Crippen LogP contribution is -2.30. The molecule has 0 aliphatic heterocycles. The molecule has 5 nitrogen and oxygen atoms in total. The van der Waals surface area contributed by atoms with Crippen molar-refractivity contribution < 1.29 is 19.1 Å². The second-order valence-corrected chi connectivity index (χ2v) is 6.98. The third kappa shape index (κ3) is 6.28. The highest BCUT2D eigenvalue weighted by molar-refractivity contribution is 7.99. The van der Waals surface area contributed by atoms with Crippen LogP contribution in [0.5, 0.6) is 5.75 Å². The van der Waals surface area contributed by atoms with Gasteiger partial charge in [-0.3, -0.25) is 9.59 Å². The fourth-order valence-corrected chi connectivity index (χ4v) is 3.03. The molecular weight excluding hydrogens is 374 g/mol. The normalized spacial score (nSPS) is 11.5. The van der Waals surface area contributed by atoms with Crippen LogP contribution in [-0.2, 0) is 14.3 Å². The van der Waals surface area contributed by atoms with Crippen LogP contribution in [0.15, 0.2) is 53.4 Å². The van der Waals surface area contributed by atoms with Gasteiger partial charge in [-0.25, -0.2) is 0 Å². The average molecular weight is 394 g/mol. The zero-order valence-corrected chi connectivity index (χ0v) is 16.1. The molecule has 0 fully saturated rings. The molecule has 0 unspecified atom stereocenters. The van der Waals surface area contributed by atoms with Gasteiger partial charge in [0.2, 0.25) is 0 Å². The van der Waals surface area contributed by atoms with Crippen LogP contribution in [0.4, 0.5) is 5.69 Å². The van der Waals surface area contributed by atoms with Gasteiger partial charge in [0.25, 0.3) is 5.91 Å². The smallest absolute Gasteiger partial charge is 0.307 e. The Bertz CT molecular complexity index is 751. The van der Waals surface area contributed by atoms with E-state index in [-0.39, 0.29) is 6.42 Å². The Morgan fingerprint density at radius 1 is 1.15 bits per heavy atom. The Morgan fingerprint density at radius 3 is 2.54 bits per heavy atom. The highest BCUT2D eigenvalue weighted by Gasteiger charge is 2.19. The summed E-state index contributed by atoms with van der Waals surface area (Å²) in [6.45, 7) is 1.54.